The summed E-state index contributed by atoms with van der Waals surface area (Å²) < 4.78 is 17.2. The third-order valence-corrected chi connectivity index (χ3v) is 4.83. The Morgan fingerprint density at radius 1 is 1.42 bits per heavy atom. The van der Waals surface area contributed by atoms with E-state index in [1.165, 1.54) is 39.6 Å². The van der Waals surface area contributed by atoms with Crippen LogP contribution in [0.2, 0.25) is 0 Å². The molecule has 6 heteroatoms. The fraction of sp³-hybridized carbons (Fsp3) is 0.611. The highest BCUT2D eigenvalue weighted by atomic mass is 16.7. The molecule has 1 saturated heterocycles. The van der Waals surface area contributed by atoms with Crippen molar-refractivity contribution in [2.75, 3.05) is 33.4 Å². The Morgan fingerprint density at radius 2 is 2.17 bits per heavy atom. The van der Waals surface area contributed by atoms with E-state index in [1.54, 1.807) is 12.1 Å². The van der Waals surface area contributed by atoms with Crippen molar-refractivity contribution in [1.82, 2.24) is 4.90 Å². The Morgan fingerprint density at radius 3 is 2.83 bits per heavy atom. The lowest BCUT2D eigenvalue weighted by Crippen LogP contribution is -2.39. The molecule has 1 aromatic heterocycles. The summed E-state index contributed by atoms with van der Waals surface area (Å²) in [7, 11) is 1.51. The first kappa shape index (κ1) is 17.4. The predicted molar refractivity (Wildman–Crippen MR) is 87.4 cm³/mol. The average molecular weight is 335 g/mol. The van der Waals surface area contributed by atoms with E-state index < -0.39 is 11.9 Å². The molecule has 1 aromatic rings. The van der Waals surface area contributed by atoms with Gasteiger partial charge in [-0.2, -0.15) is 0 Å². The average Bonchev–Trinajstić information content (AvgIpc) is 3.09. The van der Waals surface area contributed by atoms with E-state index in [0.717, 1.165) is 19.6 Å². The number of carbonyl (C=O) groups excluding carboxylic acids is 1. The summed E-state index contributed by atoms with van der Waals surface area (Å²) in [5, 5.41) is 10.4. The zero-order valence-electron chi connectivity index (χ0n) is 14.3. The summed E-state index contributed by atoms with van der Waals surface area (Å²) in [4.78, 5) is 14.3. The number of carbonyl (C=O) groups is 1. The molecule has 2 heterocycles. The number of ketones is 1. The molecule has 24 heavy (non-hydrogen) atoms. The van der Waals surface area contributed by atoms with Gasteiger partial charge in [-0.25, -0.2) is 0 Å². The smallest absolute Gasteiger partial charge is 0.249 e. The van der Waals surface area contributed by atoms with Crippen molar-refractivity contribution in [3.8, 4) is 0 Å². The van der Waals surface area contributed by atoms with Crippen LogP contribution in [-0.2, 0) is 20.1 Å². The van der Waals surface area contributed by atoms with Crippen molar-refractivity contribution in [1.29, 1.82) is 0 Å². The Kier molecular flexibility index (Phi) is 5.20. The quantitative estimate of drug-likeness (QED) is 0.803. The van der Waals surface area contributed by atoms with Crippen molar-refractivity contribution in [3.05, 3.63) is 35.3 Å². The highest BCUT2D eigenvalue weighted by Crippen LogP contribution is 2.43. The minimum absolute atomic E-state index is 0.213. The van der Waals surface area contributed by atoms with E-state index in [1.807, 2.05) is 0 Å². The van der Waals surface area contributed by atoms with Crippen LogP contribution >= 0.6 is 0 Å². The minimum Gasteiger partial charge on any atom is -0.463 e. The standard InChI is InChI=1S/C18H25NO5/c1-13(20)15-12-18(22-2,17-14(16(15)21)6-10-23-17)24-11-9-19-7-4-3-5-8-19/h6,10,12,16,21H,3-5,7-9,11H2,1-2H3. The second-order valence-electron chi connectivity index (χ2n) is 6.39. The first-order valence-electron chi connectivity index (χ1n) is 8.48. The van der Waals surface area contributed by atoms with Gasteiger partial charge in [0.15, 0.2) is 11.5 Å². The molecule has 1 aliphatic carbocycles. The van der Waals surface area contributed by atoms with Gasteiger partial charge in [-0.3, -0.25) is 4.79 Å². The van der Waals surface area contributed by atoms with E-state index >= 15 is 0 Å². The predicted octanol–water partition coefficient (Wildman–Crippen LogP) is 2.14. The summed E-state index contributed by atoms with van der Waals surface area (Å²) in [6.45, 7) is 4.85. The van der Waals surface area contributed by atoms with E-state index in [0.29, 0.717) is 17.9 Å². The van der Waals surface area contributed by atoms with Crippen molar-refractivity contribution >= 4 is 5.78 Å². The van der Waals surface area contributed by atoms with Crippen LogP contribution < -0.4 is 0 Å². The third kappa shape index (κ3) is 3.19. The van der Waals surface area contributed by atoms with E-state index in [4.69, 9.17) is 13.9 Å². The van der Waals surface area contributed by atoms with Crippen LogP contribution in [0.25, 0.3) is 0 Å². The molecule has 1 aliphatic heterocycles. The summed E-state index contributed by atoms with van der Waals surface area (Å²) in [6, 6.07) is 1.65. The monoisotopic (exact) mass is 335 g/mol. The summed E-state index contributed by atoms with van der Waals surface area (Å²) in [5.41, 5.74) is 0.784. The molecule has 2 aliphatic rings. The molecule has 0 aromatic carbocycles. The highest BCUT2D eigenvalue weighted by Gasteiger charge is 2.44. The van der Waals surface area contributed by atoms with Gasteiger partial charge in [-0.15, -0.1) is 0 Å². The maximum absolute atomic E-state index is 11.9. The summed E-state index contributed by atoms with van der Waals surface area (Å²) >= 11 is 0. The number of nitrogens with zero attached hydrogens (tertiary/aromatic N) is 1. The van der Waals surface area contributed by atoms with E-state index in [9.17, 15) is 9.90 Å². The Bertz CT molecular complexity index is 617. The van der Waals surface area contributed by atoms with Crippen LogP contribution in [0.3, 0.4) is 0 Å². The first-order chi connectivity index (χ1) is 11.6. The number of fused-ring (bicyclic) bond motifs is 1. The molecule has 1 N–H and O–H groups in total. The number of ether oxygens (including phenoxy) is 2. The second-order valence-corrected chi connectivity index (χ2v) is 6.39. The molecule has 0 amide bonds. The molecule has 0 saturated carbocycles. The zero-order valence-corrected chi connectivity index (χ0v) is 14.3. The van der Waals surface area contributed by atoms with Crippen LogP contribution in [0.5, 0.6) is 0 Å². The Labute approximate surface area is 142 Å². The molecule has 2 atom stereocenters. The van der Waals surface area contributed by atoms with Gasteiger partial charge in [0.1, 0.15) is 6.10 Å². The van der Waals surface area contributed by atoms with Gasteiger partial charge in [0.05, 0.1) is 12.9 Å². The number of Topliss-reactive ketones (excluding diaryl/α,β-unsaturated/α-hetero) is 1. The van der Waals surface area contributed by atoms with E-state index in [-0.39, 0.29) is 11.4 Å². The van der Waals surface area contributed by atoms with Crippen LogP contribution in [0.15, 0.2) is 28.4 Å². The molecule has 1 fully saturated rings. The van der Waals surface area contributed by atoms with Gasteiger partial charge in [-0.05, 0) is 45.0 Å². The topological polar surface area (TPSA) is 72.1 Å². The van der Waals surface area contributed by atoms with Gasteiger partial charge in [0.2, 0.25) is 5.79 Å². The second kappa shape index (κ2) is 7.19. The number of furan rings is 1. The number of likely N-dealkylation sites (tertiary alicyclic amines) is 1. The number of aliphatic hydroxyl groups is 1. The van der Waals surface area contributed by atoms with Crippen molar-refractivity contribution in [3.63, 3.8) is 0 Å². The number of rotatable bonds is 6. The zero-order chi connectivity index (χ0) is 17.2. The largest absolute Gasteiger partial charge is 0.463 e. The molecule has 0 spiro atoms. The number of methoxy groups -OCH3 is 1. The number of aliphatic hydroxyl groups excluding tert-OH is 1. The van der Waals surface area contributed by atoms with E-state index in [2.05, 4.69) is 4.90 Å². The van der Waals surface area contributed by atoms with Crippen LogP contribution in [0.4, 0.5) is 0 Å². The SMILES string of the molecule is COC1(OCCN2CCCCC2)C=C(C(C)=O)C(O)c2ccoc21. The lowest BCUT2D eigenvalue weighted by atomic mass is 9.88. The summed E-state index contributed by atoms with van der Waals surface area (Å²) in [6.07, 6.45) is 5.74. The normalized spacial score (nSPS) is 27.6. The highest BCUT2D eigenvalue weighted by molar-refractivity contribution is 5.95. The van der Waals surface area contributed by atoms with Gasteiger partial charge in [0, 0.05) is 24.8 Å². The Hall–Kier alpha value is -1.47. The van der Waals surface area contributed by atoms with Crippen molar-refractivity contribution < 1.29 is 23.8 Å². The van der Waals surface area contributed by atoms with Gasteiger partial charge < -0.3 is 23.9 Å². The molecule has 2 unspecified atom stereocenters. The van der Waals surface area contributed by atoms with Crippen LogP contribution in [-0.4, -0.2) is 49.1 Å². The number of hydrogen-bond donors (Lipinski definition) is 1. The number of piperidine rings is 1. The molecule has 0 radical (unpaired) electrons. The van der Waals surface area contributed by atoms with Gasteiger partial charge in [-0.1, -0.05) is 6.42 Å². The lowest BCUT2D eigenvalue weighted by Gasteiger charge is -2.35. The van der Waals surface area contributed by atoms with Gasteiger partial charge in [0.25, 0.3) is 0 Å². The third-order valence-electron chi connectivity index (χ3n) is 4.83. The Balaban J connectivity index is 1.79. The summed E-state index contributed by atoms with van der Waals surface area (Å²) in [5.74, 6) is -1.08. The maximum atomic E-state index is 11.9. The van der Waals surface area contributed by atoms with Gasteiger partial charge >= 0.3 is 0 Å². The van der Waals surface area contributed by atoms with Crippen molar-refractivity contribution in [2.45, 2.75) is 38.1 Å². The first-order valence-corrected chi connectivity index (χ1v) is 8.48. The van der Waals surface area contributed by atoms with Crippen LogP contribution in [0, 0.1) is 0 Å². The number of hydrogen-bond acceptors (Lipinski definition) is 6. The fourth-order valence-corrected chi connectivity index (χ4v) is 3.46. The molecule has 132 valence electrons. The molecule has 6 nitrogen and oxygen atoms in total. The molecular formula is C18H25NO5. The van der Waals surface area contributed by atoms with Crippen molar-refractivity contribution in [2.24, 2.45) is 0 Å². The fourth-order valence-electron chi connectivity index (χ4n) is 3.46. The molecule has 0 bridgehead atoms. The lowest BCUT2D eigenvalue weighted by molar-refractivity contribution is -0.212. The molecule has 3 rings (SSSR count). The maximum Gasteiger partial charge on any atom is 0.249 e. The molecular weight excluding hydrogens is 310 g/mol. The van der Waals surface area contributed by atoms with Crippen LogP contribution in [0.1, 0.15) is 43.6 Å². The minimum atomic E-state index is -1.27.